The van der Waals surface area contributed by atoms with Crippen LogP contribution in [0.5, 0.6) is 0 Å². The van der Waals surface area contributed by atoms with Crippen molar-refractivity contribution >= 4 is 11.7 Å². The van der Waals surface area contributed by atoms with Crippen molar-refractivity contribution in [3.05, 3.63) is 81.0 Å². The lowest BCUT2D eigenvalue weighted by molar-refractivity contribution is -0.384. The Morgan fingerprint density at radius 2 is 1.91 bits per heavy atom. The Labute approximate surface area is 195 Å². The lowest BCUT2D eigenvalue weighted by atomic mass is 9.94. The van der Waals surface area contributed by atoms with Gasteiger partial charge in [-0.1, -0.05) is 0 Å². The summed E-state index contributed by atoms with van der Waals surface area (Å²) in [7, 11) is 0. The van der Waals surface area contributed by atoms with Crippen molar-refractivity contribution in [1.29, 1.82) is 0 Å². The van der Waals surface area contributed by atoms with Gasteiger partial charge in [-0.2, -0.15) is 0 Å². The molecule has 0 aliphatic heterocycles. The molecule has 0 N–H and O–H groups in total. The molecule has 9 heteroatoms. The second-order valence-electron chi connectivity index (χ2n) is 8.47. The van der Waals surface area contributed by atoms with Crippen LogP contribution in [0.4, 0.5) is 10.1 Å². The van der Waals surface area contributed by atoms with Gasteiger partial charge in [0.2, 0.25) is 5.89 Å². The number of nitro benzene ring substituents is 1. The number of carbonyl (C=O) groups is 1. The fourth-order valence-electron chi connectivity index (χ4n) is 4.04. The Kier molecular flexibility index (Phi) is 7.02. The zero-order valence-electron chi connectivity index (χ0n) is 19.0. The molecule has 1 fully saturated rings. The number of non-ortho nitro benzene ring substituents is 1. The summed E-state index contributed by atoms with van der Waals surface area (Å²) in [6, 6.07) is 10.1. The van der Waals surface area contributed by atoms with E-state index in [0.717, 1.165) is 12.8 Å². The van der Waals surface area contributed by atoms with E-state index < -0.39 is 10.9 Å². The fraction of sp³-hybridized carbons (Fsp3) is 0.360. The smallest absolute Gasteiger partial charge is 0.338 e. The lowest BCUT2D eigenvalue weighted by Gasteiger charge is -2.28. The van der Waals surface area contributed by atoms with E-state index in [0.29, 0.717) is 41.3 Å². The third kappa shape index (κ3) is 5.66. The first kappa shape index (κ1) is 23.6. The predicted octanol–water partition coefficient (Wildman–Crippen LogP) is 5.69. The SMILES string of the molecule is Cc1cc(C(=O)OC2CCCC(OCc3nc(-c4ccc(F)cc4)oc3C)C2)cc([N+](=O)[O-])c1. The second-order valence-corrected chi connectivity index (χ2v) is 8.47. The Morgan fingerprint density at radius 3 is 2.65 bits per heavy atom. The Hall–Kier alpha value is -3.59. The molecule has 0 saturated heterocycles. The highest BCUT2D eigenvalue weighted by Gasteiger charge is 2.27. The van der Waals surface area contributed by atoms with E-state index >= 15 is 0 Å². The highest BCUT2D eigenvalue weighted by Crippen LogP contribution is 2.28. The van der Waals surface area contributed by atoms with Crippen LogP contribution in [0.25, 0.3) is 11.5 Å². The van der Waals surface area contributed by atoms with Crippen LogP contribution in [0.15, 0.2) is 46.9 Å². The van der Waals surface area contributed by atoms with Crippen LogP contribution in [-0.4, -0.2) is 28.1 Å². The minimum Gasteiger partial charge on any atom is -0.459 e. The molecule has 178 valence electrons. The van der Waals surface area contributed by atoms with E-state index in [1.165, 1.54) is 24.3 Å². The average molecular weight is 468 g/mol. The molecule has 0 radical (unpaired) electrons. The van der Waals surface area contributed by atoms with Gasteiger partial charge < -0.3 is 13.9 Å². The van der Waals surface area contributed by atoms with Gasteiger partial charge in [0, 0.05) is 24.1 Å². The van der Waals surface area contributed by atoms with E-state index in [1.807, 2.05) is 0 Å². The van der Waals surface area contributed by atoms with Crippen LogP contribution in [0.1, 0.15) is 53.1 Å². The molecule has 8 nitrogen and oxygen atoms in total. The summed E-state index contributed by atoms with van der Waals surface area (Å²) in [5.41, 5.74) is 1.98. The van der Waals surface area contributed by atoms with Crippen molar-refractivity contribution in [3.8, 4) is 11.5 Å². The number of aromatic nitrogens is 1. The second kappa shape index (κ2) is 10.1. The number of esters is 1. The average Bonchev–Trinajstić information content (AvgIpc) is 3.18. The molecule has 2 atom stereocenters. The Balaban J connectivity index is 1.34. The van der Waals surface area contributed by atoms with Gasteiger partial charge >= 0.3 is 5.97 Å². The van der Waals surface area contributed by atoms with Gasteiger partial charge in [-0.25, -0.2) is 14.2 Å². The highest BCUT2D eigenvalue weighted by atomic mass is 19.1. The minimum absolute atomic E-state index is 0.122. The van der Waals surface area contributed by atoms with E-state index in [2.05, 4.69) is 4.98 Å². The summed E-state index contributed by atoms with van der Waals surface area (Å²) >= 11 is 0. The third-order valence-electron chi connectivity index (χ3n) is 5.80. The number of hydrogen-bond donors (Lipinski definition) is 0. The predicted molar refractivity (Wildman–Crippen MR) is 121 cm³/mol. The maximum atomic E-state index is 13.2. The Bertz CT molecular complexity index is 1190. The molecule has 2 aromatic carbocycles. The number of oxazole rings is 1. The third-order valence-corrected chi connectivity index (χ3v) is 5.80. The van der Waals surface area contributed by atoms with Crippen molar-refractivity contribution in [2.45, 2.75) is 58.3 Å². The molecule has 1 heterocycles. The summed E-state index contributed by atoms with van der Waals surface area (Å²) < 4.78 is 30.5. The molecule has 34 heavy (non-hydrogen) atoms. The van der Waals surface area contributed by atoms with Crippen molar-refractivity contribution in [3.63, 3.8) is 0 Å². The van der Waals surface area contributed by atoms with Crippen LogP contribution >= 0.6 is 0 Å². The first-order valence-corrected chi connectivity index (χ1v) is 11.1. The molecule has 1 aliphatic rings. The zero-order chi connectivity index (χ0) is 24.2. The van der Waals surface area contributed by atoms with Crippen LogP contribution in [0, 0.1) is 29.8 Å². The van der Waals surface area contributed by atoms with Gasteiger partial charge in [0.15, 0.2) is 0 Å². The van der Waals surface area contributed by atoms with E-state index in [1.54, 1.807) is 32.0 Å². The number of aryl methyl sites for hydroxylation is 2. The van der Waals surface area contributed by atoms with Crippen molar-refractivity contribution in [2.24, 2.45) is 0 Å². The molecule has 0 spiro atoms. The van der Waals surface area contributed by atoms with E-state index in [4.69, 9.17) is 13.9 Å². The maximum Gasteiger partial charge on any atom is 0.338 e. The molecule has 1 aromatic heterocycles. The van der Waals surface area contributed by atoms with Gasteiger partial charge in [0.1, 0.15) is 23.4 Å². The molecule has 0 bridgehead atoms. The van der Waals surface area contributed by atoms with Gasteiger partial charge in [-0.05, 0) is 69.0 Å². The topological polar surface area (TPSA) is 105 Å². The van der Waals surface area contributed by atoms with Gasteiger partial charge in [-0.3, -0.25) is 10.1 Å². The molecule has 3 aromatic rings. The van der Waals surface area contributed by atoms with Crippen molar-refractivity contribution < 1.29 is 28.0 Å². The minimum atomic E-state index is -0.575. The first-order valence-electron chi connectivity index (χ1n) is 11.1. The van der Waals surface area contributed by atoms with Crippen LogP contribution in [0.2, 0.25) is 0 Å². The number of nitro groups is 1. The highest BCUT2D eigenvalue weighted by molar-refractivity contribution is 5.90. The number of ether oxygens (including phenoxy) is 2. The van der Waals surface area contributed by atoms with Gasteiger partial charge in [0.25, 0.3) is 5.69 Å². The number of hydrogen-bond acceptors (Lipinski definition) is 7. The monoisotopic (exact) mass is 468 g/mol. The van der Waals surface area contributed by atoms with Crippen LogP contribution < -0.4 is 0 Å². The number of halogens is 1. The van der Waals surface area contributed by atoms with Crippen LogP contribution in [0.3, 0.4) is 0 Å². The largest absolute Gasteiger partial charge is 0.459 e. The lowest BCUT2D eigenvalue weighted by Crippen LogP contribution is -2.30. The summed E-state index contributed by atoms with van der Waals surface area (Å²) in [6.07, 6.45) is 2.43. The molecule has 1 aliphatic carbocycles. The number of benzene rings is 2. The van der Waals surface area contributed by atoms with Gasteiger partial charge in [0.05, 0.1) is 23.2 Å². The Morgan fingerprint density at radius 1 is 1.18 bits per heavy atom. The number of nitrogens with zero attached hydrogens (tertiary/aromatic N) is 2. The number of rotatable bonds is 7. The van der Waals surface area contributed by atoms with Crippen molar-refractivity contribution in [2.75, 3.05) is 0 Å². The summed E-state index contributed by atoms with van der Waals surface area (Å²) in [5.74, 6) is 0.121. The zero-order valence-corrected chi connectivity index (χ0v) is 19.0. The standard InChI is InChI=1S/C25H25FN2O6/c1-15-10-18(12-20(11-15)28(30)31)25(29)34-22-5-3-4-21(13-22)32-14-23-16(2)33-24(27-23)17-6-8-19(26)9-7-17/h6-12,21-22H,3-5,13-14H2,1-2H3. The van der Waals surface area contributed by atoms with Gasteiger partial charge in [-0.15, -0.1) is 0 Å². The quantitative estimate of drug-likeness (QED) is 0.249. The molecule has 2 unspecified atom stereocenters. The van der Waals surface area contributed by atoms with E-state index in [-0.39, 0.29) is 35.9 Å². The summed E-state index contributed by atoms with van der Waals surface area (Å²) in [4.78, 5) is 27.6. The molecule has 4 rings (SSSR count). The number of carbonyl (C=O) groups excluding carboxylic acids is 1. The summed E-state index contributed by atoms with van der Waals surface area (Å²) in [6.45, 7) is 3.73. The molecule has 0 amide bonds. The molecular weight excluding hydrogens is 443 g/mol. The van der Waals surface area contributed by atoms with E-state index in [9.17, 15) is 19.3 Å². The fourth-order valence-corrected chi connectivity index (χ4v) is 4.04. The first-order chi connectivity index (χ1) is 16.3. The van der Waals surface area contributed by atoms with Crippen LogP contribution in [-0.2, 0) is 16.1 Å². The normalized spacial score (nSPS) is 18.0. The maximum absolute atomic E-state index is 13.2. The van der Waals surface area contributed by atoms with Crippen molar-refractivity contribution in [1.82, 2.24) is 4.98 Å². The molecular formula is C25H25FN2O6. The summed E-state index contributed by atoms with van der Waals surface area (Å²) in [5, 5.41) is 11.1. The molecule has 1 saturated carbocycles.